The minimum absolute atomic E-state index is 0.136. The first-order valence-electron chi connectivity index (χ1n) is 9.60. The molecule has 7 nitrogen and oxygen atoms in total. The van der Waals surface area contributed by atoms with E-state index in [9.17, 15) is 14.0 Å². The van der Waals surface area contributed by atoms with Crippen LogP contribution in [-0.2, 0) is 24.5 Å². The highest BCUT2D eigenvalue weighted by Crippen LogP contribution is 2.14. The van der Waals surface area contributed by atoms with Crippen molar-refractivity contribution in [1.29, 1.82) is 0 Å². The Kier molecular flexibility index (Phi) is 5.98. The normalized spacial score (nSPS) is 10.7. The summed E-state index contributed by atoms with van der Waals surface area (Å²) < 4.78 is 20.3. The van der Waals surface area contributed by atoms with Crippen LogP contribution in [0.2, 0.25) is 0 Å². The van der Waals surface area contributed by atoms with Crippen LogP contribution in [0.15, 0.2) is 78.1 Å². The molecule has 0 aliphatic rings. The van der Waals surface area contributed by atoms with Crippen molar-refractivity contribution in [1.82, 2.24) is 19.9 Å². The van der Waals surface area contributed by atoms with Crippen LogP contribution < -0.4 is 15.6 Å². The van der Waals surface area contributed by atoms with Crippen molar-refractivity contribution in [2.24, 2.45) is 0 Å². The molecule has 0 aliphatic heterocycles. The minimum Gasteiger partial charge on any atom is -0.489 e. The van der Waals surface area contributed by atoms with E-state index >= 15 is 0 Å². The number of benzene rings is 2. The third-order valence-corrected chi connectivity index (χ3v) is 4.64. The molecule has 0 saturated heterocycles. The Bertz CT molecular complexity index is 1260. The molecule has 0 spiro atoms. The second kappa shape index (κ2) is 9.17. The van der Waals surface area contributed by atoms with Crippen molar-refractivity contribution in [3.05, 3.63) is 101 Å². The molecule has 8 heteroatoms. The highest BCUT2D eigenvalue weighted by Gasteiger charge is 2.09. The maximum absolute atomic E-state index is 13.4. The summed E-state index contributed by atoms with van der Waals surface area (Å²) in [6.45, 7) is 0.513. The second-order valence-electron chi connectivity index (χ2n) is 6.91. The zero-order valence-corrected chi connectivity index (χ0v) is 16.5. The number of nitrogens with zero attached hydrogens (tertiary/aromatic N) is 3. The summed E-state index contributed by atoms with van der Waals surface area (Å²) in [6, 6.07) is 14.9. The van der Waals surface area contributed by atoms with E-state index in [0.29, 0.717) is 24.4 Å². The first-order chi connectivity index (χ1) is 15.1. The van der Waals surface area contributed by atoms with E-state index in [4.69, 9.17) is 4.74 Å². The number of rotatable bonds is 7. The summed E-state index contributed by atoms with van der Waals surface area (Å²) >= 11 is 0. The topological polar surface area (TPSA) is 86.1 Å². The molecule has 0 radical (unpaired) electrons. The van der Waals surface area contributed by atoms with Crippen LogP contribution in [0.3, 0.4) is 0 Å². The Morgan fingerprint density at radius 2 is 1.94 bits per heavy atom. The number of hydrogen-bond donors (Lipinski definition) is 1. The molecule has 1 N–H and O–H groups in total. The summed E-state index contributed by atoms with van der Waals surface area (Å²) in [4.78, 5) is 32.9. The quantitative estimate of drug-likeness (QED) is 0.499. The third kappa shape index (κ3) is 5.11. The molecule has 0 atom stereocenters. The van der Waals surface area contributed by atoms with Crippen molar-refractivity contribution in [2.45, 2.75) is 19.7 Å². The number of ether oxygens (including phenoxy) is 1. The van der Waals surface area contributed by atoms with Crippen molar-refractivity contribution in [3.63, 3.8) is 0 Å². The number of pyridine rings is 1. The van der Waals surface area contributed by atoms with Gasteiger partial charge in [0.2, 0.25) is 5.91 Å². The van der Waals surface area contributed by atoms with Gasteiger partial charge in [-0.3, -0.25) is 19.1 Å². The highest BCUT2D eigenvalue weighted by molar-refractivity contribution is 5.79. The predicted molar refractivity (Wildman–Crippen MR) is 113 cm³/mol. The molecule has 4 aromatic rings. The maximum atomic E-state index is 13.4. The van der Waals surface area contributed by atoms with Crippen molar-refractivity contribution < 1.29 is 13.9 Å². The molecule has 2 aromatic carbocycles. The fraction of sp³-hybridized carbons (Fsp3) is 0.130. The molecule has 4 rings (SSSR count). The van der Waals surface area contributed by atoms with E-state index in [1.165, 1.54) is 18.5 Å². The van der Waals surface area contributed by atoms with E-state index in [-0.39, 0.29) is 17.8 Å². The van der Waals surface area contributed by atoms with Crippen LogP contribution in [0.5, 0.6) is 5.75 Å². The molecule has 156 valence electrons. The standard InChI is InChI=1S/C23H19FN4O3/c24-18-5-8-21-20(10-18)23(30)28(15-27-21)13-22(29)26-12-16-3-6-19(7-4-16)31-14-17-2-1-9-25-11-17/h1-11,15H,12-14H2,(H,26,29). The number of carbonyl (C=O) groups is 1. The lowest BCUT2D eigenvalue weighted by molar-refractivity contribution is -0.121. The van der Waals surface area contributed by atoms with Gasteiger partial charge < -0.3 is 10.1 Å². The van der Waals surface area contributed by atoms with Crippen molar-refractivity contribution >= 4 is 16.8 Å². The number of aromatic nitrogens is 3. The summed E-state index contributed by atoms with van der Waals surface area (Å²) in [5.41, 5.74) is 1.77. The Morgan fingerprint density at radius 3 is 2.71 bits per heavy atom. The van der Waals surface area contributed by atoms with Gasteiger partial charge in [0.1, 0.15) is 24.7 Å². The van der Waals surface area contributed by atoms with E-state index in [1.807, 2.05) is 36.4 Å². The molecule has 2 aromatic heterocycles. The number of amides is 1. The lowest BCUT2D eigenvalue weighted by Gasteiger charge is -2.09. The molecular formula is C23H19FN4O3. The summed E-state index contributed by atoms with van der Waals surface area (Å²) in [7, 11) is 0. The van der Waals surface area contributed by atoms with Crippen LogP contribution in [-0.4, -0.2) is 20.4 Å². The molecule has 0 fully saturated rings. The number of nitrogens with one attached hydrogen (secondary N) is 1. The third-order valence-electron chi connectivity index (χ3n) is 4.64. The zero-order chi connectivity index (χ0) is 21.6. The van der Waals surface area contributed by atoms with Crippen LogP contribution >= 0.6 is 0 Å². The largest absolute Gasteiger partial charge is 0.489 e. The van der Waals surface area contributed by atoms with Crippen molar-refractivity contribution in [2.75, 3.05) is 0 Å². The first-order valence-corrected chi connectivity index (χ1v) is 9.60. The van der Waals surface area contributed by atoms with Gasteiger partial charge in [0.25, 0.3) is 5.56 Å². The number of carbonyl (C=O) groups excluding carboxylic acids is 1. The SMILES string of the molecule is O=C(Cn1cnc2ccc(F)cc2c1=O)NCc1ccc(OCc2cccnc2)cc1. The van der Waals surface area contributed by atoms with Gasteiger partial charge in [0.15, 0.2) is 0 Å². The Hall–Kier alpha value is -4.07. The molecular weight excluding hydrogens is 399 g/mol. The van der Waals surface area contributed by atoms with Gasteiger partial charge in [-0.1, -0.05) is 18.2 Å². The molecule has 2 heterocycles. The molecule has 0 aliphatic carbocycles. The van der Waals surface area contributed by atoms with E-state index in [0.717, 1.165) is 21.8 Å². The smallest absolute Gasteiger partial charge is 0.261 e. The lowest BCUT2D eigenvalue weighted by Crippen LogP contribution is -2.32. The lowest BCUT2D eigenvalue weighted by atomic mass is 10.2. The van der Waals surface area contributed by atoms with E-state index in [1.54, 1.807) is 12.4 Å². The number of hydrogen-bond acceptors (Lipinski definition) is 5. The van der Waals surface area contributed by atoms with Crippen molar-refractivity contribution in [3.8, 4) is 5.75 Å². The van der Waals surface area contributed by atoms with E-state index < -0.39 is 11.4 Å². The average Bonchev–Trinajstić information content (AvgIpc) is 2.80. The van der Waals surface area contributed by atoms with Crippen LogP contribution in [0.25, 0.3) is 10.9 Å². The minimum atomic E-state index is -0.526. The Balaban J connectivity index is 1.32. The molecule has 0 saturated carbocycles. The van der Waals surface area contributed by atoms with Gasteiger partial charge in [-0.25, -0.2) is 9.37 Å². The summed E-state index contributed by atoms with van der Waals surface area (Å²) in [6.07, 6.45) is 4.74. The predicted octanol–water partition coefficient (Wildman–Crippen LogP) is 2.83. The fourth-order valence-electron chi connectivity index (χ4n) is 3.01. The number of halogens is 1. The Labute approximate surface area is 177 Å². The average molecular weight is 418 g/mol. The van der Waals surface area contributed by atoms with Gasteiger partial charge in [-0.05, 0) is 42.0 Å². The molecule has 1 amide bonds. The van der Waals surface area contributed by atoms with E-state index in [2.05, 4.69) is 15.3 Å². The van der Waals surface area contributed by atoms with Gasteiger partial charge >= 0.3 is 0 Å². The summed E-state index contributed by atoms with van der Waals surface area (Å²) in [5.74, 6) is -0.169. The first kappa shape index (κ1) is 20.2. The van der Waals surface area contributed by atoms with Crippen LogP contribution in [0, 0.1) is 5.82 Å². The van der Waals surface area contributed by atoms with Gasteiger partial charge in [0, 0.05) is 24.5 Å². The van der Waals surface area contributed by atoms with Crippen LogP contribution in [0.1, 0.15) is 11.1 Å². The fourth-order valence-corrected chi connectivity index (χ4v) is 3.01. The monoisotopic (exact) mass is 418 g/mol. The van der Waals surface area contributed by atoms with Gasteiger partial charge in [0.05, 0.1) is 17.2 Å². The maximum Gasteiger partial charge on any atom is 0.261 e. The highest BCUT2D eigenvalue weighted by atomic mass is 19.1. The number of fused-ring (bicyclic) bond motifs is 1. The second-order valence-corrected chi connectivity index (χ2v) is 6.91. The zero-order valence-electron chi connectivity index (χ0n) is 16.5. The van der Waals surface area contributed by atoms with Gasteiger partial charge in [-0.2, -0.15) is 0 Å². The molecule has 0 bridgehead atoms. The molecule has 31 heavy (non-hydrogen) atoms. The summed E-state index contributed by atoms with van der Waals surface area (Å²) in [5, 5.41) is 2.90. The van der Waals surface area contributed by atoms with Crippen LogP contribution in [0.4, 0.5) is 4.39 Å². The Morgan fingerprint density at radius 1 is 1.10 bits per heavy atom. The van der Waals surface area contributed by atoms with Gasteiger partial charge in [-0.15, -0.1) is 0 Å². The molecule has 0 unspecified atom stereocenters.